The van der Waals surface area contributed by atoms with Crippen molar-refractivity contribution in [2.24, 2.45) is 7.05 Å². The molecule has 1 unspecified atom stereocenters. The molecule has 0 aromatic carbocycles. The van der Waals surface area contributed by atoms with Crippen molar-refractivity contribution >= 4 is 11.6 Å². The Kier molecular flexibility index (Phi) is 4.52. The third-order valence-electron chi connectivity index (χ3n) is 5.18. The number of nitrogens with zero attached hydrogens (tertiary/aromatic N) is 1. The Morgan fingerprint density at radius 1 is 1.04 bits per heavy atom. The molecule has 0 spiro atoms. The second-order valence-corrected chi connectivity index (χ2v) is 6.84. The lowest BCUT2D eigenvalue weighted by molar-refractivity contribution is 0.0965. The summed E-state index contributed by atoms with van der Waals surface area (Å²) in [5.74, 6) is -0.756. The summed E-state index contributed by atoms with van der Waals surface area (Å²) in [5, 5.41) is 0. The molecule has 136 valence electrons. The predicted molar refractivity (Wildman–Crippen MR) is 98.3 cm³/mol. The van der Waals surface area contributed by atoms with Crippen molar-refractivity contribution < 1.29 is 9.59 Å². The molecule has 6 nitrogen and oxygen atoms in total. The molecule has 0 aliphatic heterocycles. The molecule has 2 heterocycles. The van der Waals surface area contributed by atoms with Crippen LogP contribution >= 0.6 is 0 Å². The highest BCUT2D eigenvalue weighted by atomic mass is 16.2. The highest BCUT2D eigenvalue weighted by molar-refractivity contribution is 6.28. The number of carbonyl (C=O) groups is 2. The fourth-order valence-electron chi connectivity index (χ4n) is 3.86. The number of pyridine rings is 2. The number of H-pyrrole nitrogens is 1. The Labute approximate surface area is 150 Å². The lowest BCUT2D eigenvalue weighted by Crippen LogP contribution is -2.35. The number of ketones is 2. The molecule has 2 aromatic rings. The highest BCUT2D eigenvalue weighted by Gasteiger charge is 2.37. The zero-order valence-corrected chi connectivity index (χ0v) is 15.4. The molecule has 0 fully saturated rings. The van der Waals surface area contributed by atoms with Crippen molar-refractivity contribution in [3.63, 3.8) is 0 Å². The Morgan fingerprint density at radius 2 is 1.73 bits per heavy atom. The molecule has 0 saturated heterocycles. The van der Waals surface area contributed by atoms with Crippen molar-refractivity contribution in [2.75, 3.05) is 0 Å². The Hall–Kier alpha value is -2.76. The minimum absolute atomic E-state index is 0.000142. The summed E-state index contributed by atoms with van der Waals surface area (Å²) in [5.41, 5.74) is 0.924. The third-order valence-corrected chi connectivity index (χ3v) is 5.18. The number of hydrogen-bond donors (Lipinski definition) is 1. The predicted octanol–water partition coefficient (Wildman–Crippen LogP) is 2.45. The number of nitrogens with one attached hydrogen (secondary N) is 1. The summed E-state index contributed by atoms with van der Waals surface area (Å²) in [6, 6.07) is 2.81. The van der Waals surface area contributed by atoms with Gasteiger partial charge in [-0.2, -0.15) is 0 Å². The van der Waals surface area contributed by atoms with E-state index in [-0.39, 0.29) is 39.8 Å². The normalized spacial score (nSPS) is 14.2. The van der Waals surface area contributed by atoms with Gasteiger partial charge in [0.1, 0.15) is 11.4 Å². The maximum atomic E-state index is 13.3. The first-order valence-electron chi connectivity index (χ1n) is 8.89. The van der Waals surface area contributed by atoms with E-state index < -0.39 is 11.3 Å². The van der Waals surface area contributed by atoms with E-state index in [1.54, 1.807) is 6.92 Å². The summed E-state index contributed by atoms with van der Waals surface area (Å²) >= 11 is 0. The van der Waals surface area contributed by atoms with E-state index in [2.05, 4.69) is 4.98 Å². The van der Waals surface area contributed by atoms with Gasteiger partial charge >= 0.3 is 0 Å². The molecule has 1 aliphatic rings. The molecular formula is C20H22N2O4. The zero-order chi connectivity index (χ0) is 19.2. The van der Waals surface area contributed by atoms with Crippen molar-refractivity contribution in [3.8, 4) is 0 Å². The largest absolute Gasteiger partial charge is 0.318 e. The lowest BCUT2D eigenvalue weighted by atomic mass is 9.80. The van der Waals surface area contributed by atoms with Gasteiger partial charge in [0.05, 0.1) is 11.1 Å². The molecule has 0 saturated carbocycles. The Bertz CT molecular complexity index is 1040. The smallest absolute Gasteiger partial charge is 0.251 e. The monoisotopic (exact) mass is 354 g/mol. The molecule has 0 bridgehead atoms. The molecule has 1 atom stereocenters. The van der Waals surface area contributed by atoms with Crippen LogP contribution in [0.2, 0.25) is 0 Å². The SMILES string of the molecule is CCCC(CC)c1cc(=O)[nH]c2c1C(=O)c1c(C)cc(=O)n(C)c1C2=O. The van der Waals surface area contributed by atoms with E-state index in [1.807, 2.05) is 13.8 Å². The molecular weight excluding hydrogens is 332 g/mol. The van der Waals surface area contributed by atoms with Gasteiger partial charge < -0.3 is 9.55 Å². The van der Waals surface area contributed by atoms with Gasteiger partial charge in [0, 0.05) is 19.2 Å². The summed E-state index contributed by atoms with van der Waals surface area (Å²) in [6.45, 7) is 5.71. The molecule has 2 aromatic heterocycles. The van der Waals surface area contributed by atoms with Gasteiger partial charge in [-0.3, -0.25) is 19.2 Å². The second kappa shape index (κ2) is 6.52. The Balaban J connectivity index is 2.38. The van der Waals surface area contributed by atoms with E-state index >= 15 is 0 Å². The number of aromatic nitrogens is 2. The number of fused-ring (bicyclic) bond motifs is 2. The minimum atomic E-state index is -0.483. The minimum Gasteiger partial charge on any atom is -0.318 e. The van der Waals surface area contributed by atoms with E-state index in [0.29, 0.717) is 11.1 Å². The van der Waals surface area contributed by atoms with Gasteiger partial charge in [-0.25, -0.2) is 0 Å². The second-order valence-electron chi connectivity index (χ2n) is 6.84. The molecule has 1 aliphatic carbocycles. The van der Waals surface area contributed by atoms with Crippen LogP contribution in [0.4, 0.5) is 0 Å². The van der Waals surface area contributed by atoms with Gasteiger partial charge in [-0.1, -0.05) is 20.3 Å². The zero-order valence-electron chi connectivity index (χ0n) is 15.4. The summed E-state index contributed by atoms with van der Waals surface area (Å²) in [4.78, 5) is 53.2. The van der Waals surface area contributed by atoms with Crippen LogP contribution in [0.15, 0.2) is 21.7 Å². The van der Waals surface area contributed by atoms with Crippen molar-refractivity contribution in [1.82, 2.24) is 9.55 Å². The molecule has 6 heteroatoms. The van der Waals surface area contributed by atoms with E-state index in [0.717, 1.165) is 19.3 Å². The average Bonchev–Trinajstić information content (AvgIpc) is 2.59. The highest BCUT2D eigenvalue weighted by Crippen LogP contribution is 2.34. The lowest BCUT2D eigenvalue weighted by Gasteiger charge is -2.25. The fourth-order valence-corrected chi connectivity index (χ4v) is 3.86. The topological polar surface area (TPSA) is 89.0 Å². The fraction of sp³-hybridized carbons (Fsp3) is 0.400. The first kappa shape index (κ1) is 18.0. The molecule has 0 radical (unpaired) electrons. The maximum absolute atomic E-state index is 13.3. The van der Waals surface area contributed by atoms with Crippen molar-refractivity contribution in [2.45, 2.75) is 46.0 Å². The summed E-state index contributed by atoms with van der Waals surface area (Å²) in [6.07, 6.45) is 2.50. The average molecular weight is 354 g/mol. The first-order chi connectivity index (χ1) is 12.3. The standard InChI is InChI=1S/C20H22N2O4/c1-5-7-11(6-2)12-9-13(23)21-17-16(12)19(25)15-10(3)8-14(24)22(4)18(15)20(17)26/h8-9,11H,5-7H2,1-4H3,(H,21,23). The van der Waals surface area contributed by atoms with Crippen LogP contribution in [-0.4, -0.2) is 21.1 Å². The van der Waals surface area contributed by atoms with Gasteiger partial charge in [-0.05, 0) is 36.8 Å². The van der Waals surface area contributed by atoms with Crippen LogP contribution in [0.1, 0.15) is 82.3 Å². The molecule has 0 amide bonds. The quantitative estimate of drug-likeness (QED) is 0.779. The van der Waals surface area contributed by atoms with Crippen LogP contribution in [0.5, 0.6) is 0 Å². The van der Waals surface area contributed by atoms with Crippen LogP contribution in [0.25, 0.3) is 0 Å². The first-order valence-corrected chi connectivity index (χ1v) is 8.89. The number of rotatable bonds is 4. The summed E-state index contributed by atoms with van der Waals surface area (Å²) in [7, 11) is 1.46. The van der Waals surface area contributed by atoms with Crippen LogP contribution in [-0.2, 0) is 7.05 Å². The number of hydrogen-bond acceptors (Lipinski definition) is 4. The van der Waals surface area contributed by atoms with Crippen molar-refractivity contribution in [3.05, 3.63) is 66.5 Å². The molecule has 3 rings (SSSR count). The van der Waals surface area contributed by atoms with Gasteiger partial charge in [0.2, 0.25) is 11.3 Å². The summed E-state index contributed by atoms with van der Waals surface area (Å²) < 4.78 is 1.18. The van der Waals surface area contributed by atoms with Gasteiger partial charge in [0.25, 0.3) is 5.56 Å². The van der Waals surface area contributed by atoms with Crippen LogP contribution in [0, 0.1) is 6.92 Å². The van der Waals surface area contributed by atoms with Crippen LogP contribution in [0.3, 0.4) is 0 Å². The van der Waals surface area contributed by atoms with Crippen molar-refractivity contribution in [1.29, 1.82) is 0 Å². The van der Waals surface area contributed by atoms with Gasteiger partial charge in [0.15, 0.2) is 5.78 Å². The number of aromatic amines is 1. The maximum Gasteiger partial charge on any atom is 0.251 e. The van der Waals surface area contributed by atoms with Gasteiger partial charge in [-0.15, -0.1) is 0 Å². The number of aryl methyl sites for hydroxylation is 1. The third kappa shape index (κ3) is 2.57. The molecule has 1 N–H and O–H groups in total. The number of carbonyl (C=O) groups excluding carboxylic acids is 2. The van der Waals surface area contributed by atoms with E-state index in [1.165, 1.54) is 23.7 Å². The molecule has 26 heavy (non-hydrogen) atoms. The van der Waals surface area contributed by atoms with Crippen LogP contribution < -0.4 is 11.1 Å². The van der Waals surface area contributed by atoms with E-state index in [4.69, 9.17) is 0 Å². The Morgan fingerprint density at radius 3 is 2.35 bits per heavy atom. The van der Waals surface area contributed by atoms with E-state index in [9.17, 15) is 19.2 Å².